The lowest BCUT2D eigenvalue weighted by atomic mass is 10.3. The third kappa shape index (κ3) is 4.02. The highest BCUT2D eigenvalue weighted by Crippen LogP contribution is 2.28. The van der Waals surface area contributed by atoms with Crippen molar-refractivity contribution in [1.29, 1.82) is 0 Å². The summed E-state index contributed by atoms with van der Waals surface area (Å²) in [5.41, 5.74) is 5.77. The van der Waals surface area contributed by atoms with E-state index in [4.69, 9.17) is 5.73 Å². The lowest BCUT2D eigenvalue weighted by molar-refractivity contribution is -0.385. The molecule has 8 heteroatoms. The number of hydrogen-bond donors (Lipinski definition) is 1. The van der Waals surface area contributed by atoms with Crippen molar-refractivity contribution in [3.63, 3.8) is 0 Å². The van der Waals surface area contributed by atoms with Gasteiger partial charge in [0.25, 0.3) is 0 Å². The maximum atomic E-state index is 11.1. The Morgan fingerprint density at radius 1 is 1.26 bits per heavy atom. The molecule has 1 aromatic rings. The Balaban J connectivity index is 2.94. The molecule has 0 radical (unpaired) electrons. The minimum absolute atomic E-state index is 0.0533. The molecule has 0 aliphatic heterocycles. The average molecular weight is 268 g/mol. The van der Waals surface area contributed by atoms with Crippen molar-refractivity contribution in [3.05, 3.63) is 15.8 Å². The maximum absolute atomic E-state index is 11.1. The van der Waals surface area contributed by atoms with E-state index in [0.717, 1.165) is 13.0 Å². The minimum atomic E-state index is -0.466. The molecule has 2 N–H and O–H groups in total. The van der Waals surface area contributed by atoms with Gasteiger partial charge in [-0.15, -0.1) is 0 Å². The van der Waals surface area contributed by atoms with Gasteiger partial charge in [-0.2, -0.15) is 4.98 Å². The van der Waals surface area contributed by atoms with E-state index in [0.29, 0.717) is 6.54 Å². The first-order valence-corrected chi connectivity index (χ1v) is 5.97. The first-order valence-electron chi connectivity index (χ1n) is 5.97. The Kier molecular flexibility index (Phi) is 4.99. The fourth-order valence-corrected chi connectivity index (χ4v) is 1.78. The van der Waals surface area contributed by atoms with E-state index in [1.165, 1.54) is 0 Å². The largest absolute Gasteiger partial charge is 0.368 e. The second kappa shape index (κ2) is 6.28. The summed E-state index contributed by atoms with van der Waals surface area (Å²) in [5, 5.41) is 11.1. The molecule has 19 heavy (non-hydrogen) atoms. The number of anilines is 2. The molecule has 0 saturated carbocycles. The Morgan fingerprint density at radius 2 is 1.89 bits per heavy atom. The summed E-state index contributed by atoms with van der Waals surface area (Å²) in [7, 11) is 5.73. The predicted octanol–water partition coefficient (Wildman–Crippen LogP) is 0.663. The van der Waals surface area contributed by atoms with Crippen LogP contribution in [-0.2, 0) is 0 Å². The number of nitro groups is 1. The van der Waals surface area contributed by atoms with E-state index in [9.17, 15) is 10.1 Å². The van der Waals surface area contributed by atoms with Crippen LogP contribution in [-0.4, -0.2) is 54.0 Å². The third-order valence-corrected chi connectivity index (χ3v) is 2.70. The van der Waals surface area contributed by atoms with Crippen LogP contribution in [0.15, 0.2) is 0 Å². The number of aromatic nitrogens is 2. The van der Waals surface area contributed by atoms with E-state index in [-0.39, 0.29) is 23.1 Å². The van der Waals surface area contributed by atoms with Crippen molar-refractivity contribution in [2.24, 2.45) is 0 Å². The van der Waals surface area contributed by atoms with Gasteiger partial charge in [-0.25, -0.2) is 4.98 Å². The SMILES string of the molecule is Cc1nc(N)nc(N(C)CCCN(C)C)c1[N+](=O)[O-]. The molecule has 0 saturated heterocycles. The summed E-state index contributed by atoms with van der Waals surface area (Å²) in [6.45, 7) is 3.12. The molecule has 0 atom stereocenters. The van der Waals surface area contributed by atoms with Gasteiger partial charge in [0.15, 0.2) is 0 Å². The molecular formula is C11H20N6O2. The van der Waals surface area contributed by atoms with Crippen molar-refractivity contribution in [1.82, 2.24) is 14.9 Å². The topological polar surface area (TPSA) is 101 Å². The molecule has 106 valence electrons. The number of hydrogen-bond acceptors (Lipinski definition) is 7. The molecule has 0 aliphatic rings. The van der Waals surface area contributed by atoms with Gasteiger partial charge in [-0.05, 0) is 34.0 Å². The molecule has 0 aliphatic carbocycles. The first-order chi connectivity index (χ1) is 8.82. The van der Waals surface area contributed by atoms with E-state index < -0.39 is 4.92 Å². The van der Waals surface area contributed by atoms with E-state index >= 15 is 0 Å². The van der Waals surface area contributed by atoms with Crippen LogP contribution in [0.2, 0.25) is 0 Å². The van der Waals surface area contributed by atoms with Crippen LogP contribution in [0.3, 0.4) is 0 Å². The standard InChI is InChI=1S/C11H20N6O2/c1-8-9(17(18)19)10(14-11(12)13-8)16(4)7-5-6-15(2)3/h5-7H2,1-4H3,(H2,12,13,14). The van der Waals surface area contributed by atoms with Gasteiger partial charge in [0.2, 0.25) is 11.8 Å². The fourth-order valence-electron chi connectivity index (χ4n) is 1.78. The number of nitrogens with zero attached hydrogens (tertiary/aromatic N) is 5. The highest BCUT2D eigenvalue weighted by atomic mass is 16.6. The second-order valence-electron chi connectivity index (χ2n) is 4.67. The van der Waals surface area contributed by atoms with Crippen LogP contribution in [0, 0.1) is 17.0 Å². The number of aryl methyl sites for hydroxylation is 1. The molecule has 0 aromatic carbocycles. The van der Waals surface area contributed by atoms with Crippen molar-refractivity contribution in [3.8, 4) is 0 Å². The summed E-state index contributed by atoms with van der Waals surface area (Å²) < 4.78 is 0. The van der Waals surface area contributed by atoms with Crippen LogP contribution in [0.25, 0.3) is 0 Å². The highest BCUT2D eigenvalue weighted by Gasteiger charge is 2.24. The first kappa shape index (κ1) is 15.1. The highest BCUT2D eigenvalue weighted by molar-refractivity contribution is 5.61. The van der Waals surface area contributed by atoms with Gasteiger partial charge < -0.3 is 15.5 Å². The Hall–Kier alpha value is -1.96. The van der Waals surface area contributed by atoms with Crippen molar-refractivity contribution in [2.45, 2.75) is 13.3 Å². The lowest BCUT2D eigenvalue weighted by Gasteiger charge is -2.19. The molecule has 8 nitrogen and oxygen atoms in total. The smallest absolute Gasteiger partial charge is 0.332 e. The van der Waals surface area contributed by atoms with Crippen molar-refractivity contribution >= 4 is 17.5 Å². The van der Waals surface area contributed by atoms with E-state index in [1.54, 1.807) is 18.9 Å². The van der Waals surface area contributed by atoms with Crippen LogP contribution in [0.4, 0.5) is 17.5 Å². The molecule has 0 bridgehead atoms. The monoisotopic (exact) mass is 268 g/mol. The Labute approximate surface area is 112 Å². The van der Waals surface area contributed by atoms with E-state index in [2.05, 4.69) is 14.9 Å². The third-order valence-electron chi connectivity index (χ3n) is 2.70. The molecule has 0 unspecified atom stereocenters. The number of nitrogen functional groups attached to an aromatic ring is 1. The van der Waals surface area contributed by atoms with Gasteiger partial charge in [0.1, 0.15) is 5.69 Å². The summed E-state index contributed by atoms with van der Waals surface area (Å²) in [6, 6.07) is 0. The quantitative estimate of drug-likeness (QED) is 0.597. The van der Waals surface area contributed by atoms with Crippen LogP contribution < -0.4 is 10.6 Å². The van der Waals surface area contributed by atoms with Crippen molar-refractivity contribution < 1.29 is 4.92 Å². The molecule has 0 spiro atoms. The zero-order chi connectivity index (χ0) is 14.6. The summed E-state index contributed by atoms with van der Waals surface area (Å²) in [5.74, 6) is 0.325. The summed E-state index contributed by atoms with van der Waals surface area (Å²) in [6.07, 6.45) is 0.879. The summed E-state index contributed by atoms with van der Waals surface area (Å²) in [4.78, 5) is 22.3. The molecule has 1 aromatic heterocycles. The van der Waals surface area contributed by atoms with Gasteiger partial charge in [-0.1, -0.05) is 0 Å². The number of nitrogens with two attached hydrogens (primary N) is 1. The Bertz CT molecular complexity index is 463. The minimum Gasteiger partial charge on any atom is -0.368 e. The fraction of sp³-hybridized carbons (Fsp3) is 0.636. The second-order valence-corrected chi connectivity index (χ2v) is 4.67. The van der Waals surface area contributed by atoms with Crippen molar-refractivity contribution in [2.75, 3.05) is 44.9 Å². The molecule has 0 amide bonds. The van der Waals surface area contributed by atoms with Gasteiger partial charge in [0.05, 0.1) is 4.92 Å². The molecule has 1 rings (SSSR count). The van der Waals surface area contributed by atoms with E-state index in [1.807, 2.05) is 14.1 Å². The predicted molar refractivity (Wildman–Crippen MR) is 74.3 cm³/mol. The average Bonchev–Trinajstić information content (AvgIpc) is 2.26. The van der Waals surface area contributed by atoms with Gasteiger partial charge >= 0.3 is 5.69 Å². The molecular weight excluding hydrogens is 248 g/mol. The Morgan fingerprint density at radius 3 is 2.42 bits per heavy atom. The zero-order valence-corrected chi connectivity index (χ0v) is 11.8. The van der Waals surface area contributed by atoms with Crippen LogP contribution in [0.1, 0.15) is 12.1 Å². The van der Waals surface area contributed by atoms with Gasteiger partial charge in [0, 0.05) is 13.6 Å². The van der Waals surface area contributed by atoms with Crippen LogP contribution >= 0.6 is 0 Å². The normalized spacial score (nSPS) is 10.8. The van der Waals surface area contributed by atoms with Crippen LogP contribution in [0.5, 0.6) is 0 Å². The molecule has 0 fully saturated rings. The maximum Gasteiger partial charge on any atom is 0.332 e. The zero-order valence-electron chi connectivity index (χ0n) is 11.8. The van der Waals surface area contributed by atoms with Gasteiger partial charge in [-0.3, -0.25) is 10.1 Å². The number of rotatable bonds is 6. The lowest BCUT2D eigenvalue weighted by Crippen LogP contribution is -2.25. The summed E-state index contributed by atoms with van der Waals surface area (Å²) >= 11 is 0. The molecule has 1 heterocycles.